The molecule has 1 heterocycles. The minimum atomic E-state index is -0.332. The highest BCUT2D eigenvalue weighted by molar-refractivity contribution is 6.03. The van der Waals surface area contributed by atoms with E-state index >= 15 is 0 Å². The Hall–Kier alpha value is -3.15. The van der Waals surface area contributed by atoms with Crippen molar-refractivity contribution in [1.82, 2.24) is 10.2 Å². The molecule has 5 nitrogen and oxygen atoms in total. The number of ether oxygens (including phenoxy) is 1. The van der Waals surface area contributed by atoms with Gasteiger partial charge in [0.25, 0.3) is 5.91 Å². The average Bonchev–Trinajstić information content (AvgIpc) is 3.06. The summed E-state index contributed by atoms with van der Waals surface area (Å²) in [5, 5.41) is 9.62. The predicted molar refractivity (Wildman–Crippen MR) is 88.7 cm³/mol. The molecule has 0 aliphatic carbocycles. The lowest BCUT2D eigenvalue weighted by Crippen LogP contribution is -2.13. The minimum absolute atomic E-state index is 0.276. The first-order valence-corrected chi connectivity index (χ1v) is 7.39. The molecule has 0 atom stereocenters. The minimum Gasteiger partial charge on any atom is -0.495 e. The maximum Gasteiger partial charge on any atom is 0.276 e. The average molecular weight is 325 g/mol. The van der Waals surface area contributed by atoms with E-state index in [9.17, 15) is 9.18 Å². The van der Waals surface area contributed by atoms with E-state index in [-0.39, 0.29) is 17.4 Å². The molecule has 122 valence electrons. The number of H-pyrrole nitrogens is 1. The second-order valence-electron chi connectivity index (χ2n) is 5.24. The number of methoxy groups -OCH3 is 1. The van der Waals surface area contributed by atoms with Crippen molar-refractivity contribution in [2.24, 2.45) is 0 Å². The van der Waals surface area contributed by atoms with E-state index in [1.54, 1.807) is 37.4 Å². The third kappa shape index (κ3) is 3.60. The van der Waals surface area contributed by atoms with E-state index in [1.807, 2.05) is 12.1 Å². The fraction of sp³-hybridized carbons (Fsp3) is 0.111. The van der Waals surface area contributed by atoms with Gasteiger partial charge in [0.2, 0.25) is 0 Å². The van der Waals surface area contributed by atoms with Crippen LogP contribution in [0, 0.1) is 5.82 Å². The number of halogens is 1. The van der Waals surface area contributed by atoms with Gasteiger partial charge in [-0.2, -0.15) is 5.10 Å². The van der Waals surface area contributed by atoms with Crippen LogP contribution in [0.1, 0.15) is 21.7 Å². The number of benzene rings is 2. The van der Waals surface area contributed by atoms with Crippen LogP contribution in [0.3, 0.4) is 0 Å². The number of nitrogens with zero attached hydrogens (tertiary/aromatic N) is 1. The Labute approximate surface area is 138 Å². The van der Waals surface area contributed by atoms with Crippen molar-refractivity contribution in [1.29, 1.82) is 0 Å². The third-order valence-electron chi connectivity index (χ3n) is 3.53. The number of anilines is 1. The maximum atomic E-state index is 12.9. The highest BCUT2D eigenvalue weighted by Gasteiger charge is 2.13. The number of aromatic nitrogens is 2. The molecular formula is C18H16FN3O2. The van der Waals surface area contributed by atoms with E-state index < -0.39 is 0 Å². The SMILES string of the molecule is COc1ccccc1NC(=O)c1cc(Cc2ccc(F)cc2)[nH]n1. The first kappa shape index (κ1) is 15.7. The van der Waals surface area contributed by atoms with Crippen LogP contribution in [-0.4, -0.2) is 23.2 Å². The molecule has 0 bridgehead atoms. The first-order chi connectivity index (χ1) is 11.7. The topological polar surface area (TPSA) is 67.0 Å². The Morgan fingerprint density at radius 2 is 1.96 bits per heavy atom. The molecule has 3 aromatic rings. The molecule has 0 radical (unpaired) electrons. The van der Waals surface area contributed by atoms with E-state index in [4.69, 9.17) is 4.74 Å². The Morgan fingerprint density at radius 1 is 1.21 bits per heavy atom. The first-order valence-electron chi connectivity index (χ1n) is 7.39. The van der Waals surface area contributed by atoms with Crippen molar-refractivity contribution in [3.05, 3.63) is 77.4 Å². The zero-order valence-corrected chi connectivity index (χ0v) is 13.0. The van der Waals surface area contributed by atoms with Crippen LogP contribution in [0.5, 0.6) is 5.75 Å². The summed E-state index contributed by atoms with van der Waals surface area (Å²) in [4.78, 5) is 12.3. The third-order valence-corrected chi connectivity index (χ3v) is 3.53. The number of rotatable bonds is 5. The Kier molecular flexibility index (Phi) is 4.56. The summed E-state index contributed by atoms with van der Waals surface area (Å²) in [6.07, 6.45) is 0.537. The molecule has 6 heteroatoms. The lowest BCUT2D eigenvalue weighted by atomic mass is 10.1. The van der Waals surface area contributed by atoms with Crippen molar-refractivity contribution in [3.8, 4) is 5.75 Å². The number of hydrogen-bond acceptors (Lipinski definition) is 3. The fourth-order valence-electron chi connectivity index (χ4n) is 2.32. The smallest absolute Gasteiger partial charge is 0.276 e. The summed E-state index contributed by atoms with van der Waals surface area (Å²) in [5.41, 5.74) is 2.55. The summed E-state index contributed by atoms with van der Waals surface area (Å²) in [5.74, 6) is -0.0331. The van der Waals surface area contributed by atoms with Gasteiger partial charge in [-0.25, -0.2) is 4.39 Å². The standard InChI is InChI=1S/C18H16FN3O2/c1-24-17-5-3-2-4-15(17)20-18(23)16-11-14(21-22-16)10-12-6-8-13(19)9-7-12/h2-9,11H,10H2,1H3,(H,20,23)(H,21,22). The van der Waals surface area contributed by atoms with Crippen LogP contribution >= 0.6 is 0 Å². The van der Waals surface area contributed by atoms with Gasteiger partial charge in [0, 0.05) is 12.1 Å². The van der Waals surface area contributed by atoms with Crippen LogP contribution in [0.25, 0.3) is 0 Å². The molecule has 1 aromatic heterocycles. The maximum absolute atomic E-state index is 12.9. The van der Waals surface area contributed by atoms with Gasteiger partial charge in [-0.05, 0) is 35.9 Å². The summed E-state index contributed by atoms with van der Waals surface area (Å²) in [7, 11) is 1.54. The highest BCUT2D eigenvalue weighted by atomic mass is 19.1. The van der Waals surface area contributed by atoms with Gasteiger partial charge in [0.1, 0.15) is 11.6 Å². The lowest BCUT2D eigenvalue weighted by molar-refractivity contribution is 0.102. The van der Waals surface area contributed by atoms with E-state index in [1.165, 1.54) is 12.1 Å². The molecule has 24 heavy (non-hydrogen) atoms. The van der Waals surface area contributed by atoms with Gasteiger partial charge in [0.05, 0.1) is 12.8 Å². The van der Waals surface area contributed by atoms with Gasteiger partial charge in [0.15, 0.2) is 5.69 Å². The number of carbonyl (C=O) groups is 1. The van der Waals surface area contributed by atoms with E-state index in [2.05, 4.69) is 15.5 Å². The molecule has 1 amide bonds. The zero-order chi connectivity index (χ0) is 16.9. The fourth-order valence-corrected chi connectivity index (χ4v) is 2.32. The molecule has 0 saturated carbocycles. The summed E-state index contributed by atoms with van der Waals surface area (Å²) in [6, 6.07) is 15.0. The normalized spacial score (nSPS) is 10.4. The van der Waals surface area contributed by atoms with Crippen LogP contribution in [0.4, 0.5) is 10.1 Å². The molecule has 0 fully saturated rings. The Balaban J connectivity index is 1.70. The summed E-state index contributed by atoms with van der Waals surface area (Å²) >= 11 is 0. The van der Waals surface area contributed by atoms with Crippen molar-refractivity contribution < 1.29 is 13.9 Å². The Morgan fingerprint density at radius 3 is 2.71 bits per heavy atom. The zero-order valence-electron chi connectivity index (χ0n) is 13.0. The molecule has 3 rings (SSSR count). The molecule has 0 unspecified atom stereocenters. The van der Waals surface area contributed by atoms with Gasteiger partial charge in [-0.1, -0.05) is 24.3 Å². The predicted octanol–water partition coefficient (Wildman–Crippen LogP) is 3.40. The van der Waals surface area contributed by atoms with Crippen molar-refractivity contribution >= 4 is 11.6 Å². The molecule has 0 spiro atoms. The highest BCUT2D eigenvalue weighted by Crippen LogP contribution is 2.23. The number of amides is 1. The van der Waals surface area contributed by atoms with Crippen molar-refractivity contribution in [2.45, 2.75) is 6.42 Å². The Bertz CT molecular complexity index is 843. The monoisotopic (exact) mass is 325 g/mol. The van der Waals surface area contributed by atoms with Gasteiger partial charge >= 0.3 is 0 Å². The van der Waals surface area contributed by atoms with Crippen LogP contribution < -0.4 is 10.1 Å². The molecule has 0 aliphatic rings. The second-order valence-corrected chi connectivity index (χ2v) is 5.24. The molecular weight excluding hydrogens is 309 g/mol. The quantitative estimate of drug-likeness (QED) is 0.755. The molecule has 2 aromatic carbocycles. The second kappa shape index (κ2) is 6.95. The van der Waals surface area contributed by atoms with Gasteiger partial charge < -0.3 is 10.1 Å². The van der Waals surface area contributed by atoms with Crippen molar-refractivity contribution in [3.63, 3.8) is 0 Å². The summed E-state index contributed by atoms with van der Waals surface area (Å²) in [6.45, 7) is 0. The van der Waals surface area contributed by atoms with Crippen molar-refractivity contribution in [2.75, 3.05) is 12.4 Å². The van der Waals surface area contributed by atoms with Gasteiger partial charge in [-0.15, -0.1) is 0 Å². The van der Waals surface area contributed by atoms with Crippen LogP contribution in [0.15, 0.2) is 54.6 Å². The number of nitrogens with one attached hydrogen (secondary N) is 2. The van der Waals surface area contributed by atoms with Crippen LogP contribution in [-0.2, 0) is 6.42 Å². The lowest BCUT2D eigenvalue weighted by Gasteiger charge is -2.08. The molecule has 0 aliphatic heterocycles. The number of carbonyl (C=O) groups excluding carboxylic acids is 1. The van der Waals surface area contributed by atoms with E-state index in [0.717, 1.165) is 11.3 Å². The number of aromatic amines is 1. The van der Waals surface area contributed by atoms with E-state index in [0.29, 0.717) is 17.9 Å². The van der Waals surface area contributed by atoms with Gasteiger partial charge in [-0.3, -0.25) is 9.89 Å². The number of hydrogen-bond donors (Lipinski definition) is 2. The number of para-hydroxylation sites is 2. The summed E-state index contributed by atoms with van der Waals surface area (Å²) < 4.78 is 18.1. The largest absolute Gasteiger partial charge is 0.495 e. The molecule has 2 N–H and O–H groups in total. The van der Waals surface area contributed by atoms with Crippen LogP contribution in [0.2, 0.25) is 0 Å². The molecule has 0 saturated heterocycles.